The first kappa shape index (κ1) is 15.5. The molecule has 1 aliphatic rings. The summed E-state index contributed by atoms with van der Waals surface area (Å²) in [6.45, 7) is 6.74. The van der Waals surface area contributed by atoms with E-state index in [-0.39, 0.29) is 30.6 Å². The predicted molar refractivity (Wildman–Crippen MR) is 67.2 cm³/mol. The number of carbonyl (C=O) groups excluding carboxylic acids is 1. The van der Waals surface area contributed by atoms with Crippen molar-refractivity contribution in [3.8, 4) is 0 Å². The van der Waals surface area contributed by atoms with Crippen molar-refractivity contribution in [2.24, 2.45) is 0 Å². The Labute approximate surface area is 112 Å². The van der Waals surface area contributed by atoms with Gasteiger partial charge in [0.1, 0.15) is 5.60 Å². The number of aliphatic hydroxyl groups excluding tert-OH is 1. The van der Waals surface area contributed by atoms with Crippen LogP contribution in [0.1, 0.15) is 26.7 Å². The van der Waals surface area contributed by atoms with E-state index in [0.717, 1.165) is 7.11 Å². The molecular formula is C13H20O6. The maximum atomic E-state index is 11.5. The summed E-state index contributed by atoms with van der Waals surface area (Å²) in [6.07, 6.45) is 0.201. The fourth-order valence-corrected chi connectivity index (χ4v) is 2.33. The van der Waals surface area contributed by atoms with Crippen molar-refractivity contribution in [3.63, 3.8) is 0 Å². The number of esters is 1. The molecule has 3 N–H and O–H groups in total. The van der Waals surface area contributed by atoms with Gasteiger partial charge in [0.15, 0.2) is 0 Å². The van der Waals surface area contributed by atoms with Gasteiger partial charge < -0.3 is 24.8 Å². The number of hydrogen-bond acceptors (Lipinski definition) is 6. The SMILES string of the molecule is C=C(C(=O)OC)C1(O)CCC(C)(O)/C1=C(\O)OCC. The summed E-state index contributed by atoms with van der Waals surface area (Å²) < 4.78 is 9.46. The van der Waals surface area contributed by atoms with Crippen molar-refractivity contribution in [2.45, 2.75) is 37.9 Å². The second-order valence-electron chi connectivity index (χ2n) is 4.72. The van der Waals surface area contributed by atoms with Crippen molar-refractivity contribution >= 4 is 5.97 Å². The van der Waals surface area contributed by atoms with Gasteiger partial charge >= 0.3 is 5.97 Å². The average Bonchev–Trinajstić information content (AvgIpc) is 2.59. The molecule has 0 aliphatic heterocycles. The van der Waals surface area contributed by atoms with E-state index < -0.39 is 23.1 Å². The highest BCUT2D eigenvalue weighted by Gasteiger charge is 2.55. The van der Waals surface area contributed by atoms with E-state index >= 15 is 0 Å². The molecule has 0 aromatic carbocycles. The molecular weight excluding hydrogens is 252 g/mol. The molecule has 0 aromatic heterocycles. The zero-order valence-electron chi connectivity index (χ0n) is 11.4. The van der Waals surface area contributed by atoms with Crippen LogP contribution in [0, 0.1) is 0 Å². The number of hydrogen-bond donors (Lipinski definition) is 3. The highest BCUT2D eigenvalue weighted by Crippen LogP contribution is 2.47. The molecule has 1 fully saturated rings. The Morgan fingerprint density at radius 1 is 1.42 bits per heavy atom. The fourth-order valence-electron chi connectivity index (χ4n) is 2.33. The Morgan fingerprint density at radius 2 is 2.00 bits per heavy atom. The number of methoxy groups -OCH3 is 1. The van der Waals surface area contributed by atoms with Gasteiger partial charge in [0.2, 0.25) is 0 Å². The molecule has 1 saturated carbocycles. The maximum absolute atomic E-state index is 11.5. The minimum atomic E-state index is -1.87. The standard InChI is InChI=1S/C13H20O6/c1-5-19-11(15)9-12(3,16)6-7-13(9,17)8(2)10(14)18-4/h15-17H,2,5-7H2,1,3-4H3/b11-9-. The minimum absolute atomic E-state index is 0.0421. The Balaban J connectivity index is 3.30. The molecule has 6 heteroatoms. The van der Waals surface area contributed by atoms with Crippen molar-refractivity contribution in [1.29, 1.82) is 0 Å². The Kier molecular flexibility index (Phi) is 4.27. The molecule has 0 radical (unpaired) electrons. The molecule has 0 bridgehead atoms. The summed E-state index contributed by atoms with van der Waals surface area (Å²) >= 11 is 0. The molecule has 108 valence electrons. The third kappa shape index (κ3) is 2.59. The second-order valence-corrected chi connectivity index (χ2v) is 4.72. The Morgan fingerprint density at radius 3 is 2.47 bits per heavy atom. The van der Waals surface area contributed by atoms with Gasteiger partial charge in [0, 0.05) is 0 Å². The van der Waals surface area contributed by atoms with Crippen LogP contribution in [0.4, 0.5) is 0 Å². The highest BCUT2D eigenvalue weighted by atomic mass is 16.6. The van der Waals surface area contributed by atoms with Gasteiger partial charge in [-0.1, -0.05) is 6.58 Å². The van der Waals surface area contributed by atoms with E-state index in [1.54, 1.807) is 6.92 Å². The zero-order chi connectivity index (χ0) is 14.8. The lowest BCUT2D eigenvalue weighted by atomic mass is 9.85. The molecule has 1 aliphatic carbocycles. The first-order valence-corrected chi connectivity index (χ1v) is 6.00. The van der Waals surface area contributed by atoms with E-state index in [0.29, 0.717) is 0 Å². The van der Waals surface area contributed by atoms with E-state index in [4.69, 9.17) is 4.74 Å². The Bertz CT molecular complexity index is 423. The molecule has 0 saturated heterocycles. The molecule has 0 spiro atoms. The molecule has 0 heterocycles. The molecule has 2 atom stereocenters. The molecule has 1 rings (SSSR count). The largest absolute Gasteiger partial charge is 0.481 e. The van der Waals surface area contributed by atoms with E-state index in [2.05, 4.69) is 11.3 Å². The number of ether oxygens (including phenoxy) is 2. The van der Waals surface area contributed by atoms with Crippen LogP contribution < -0.4 is 0 Å². The van der Waals surface area contributed by atoms with Crippen molar-refractivity contribution < 1.29 is 29.6 Å². The van der Waals surface area contributed by atoms with Gasteiger partial charge in [-0.3, -0.25) is 0 Å². The van der Waals surface area contributed by atoms with Crippen molar-refractivity contribution in [1.82, 2.24) is 0 Å². The second kappa shape index (κ2) is 5.22. The van der Waals surface area contributed by atoms with Gasteiger partial charge in [-0.05, 0) is 26.7 Å². The number of carbonyl (C=O) groups is 1. The summed E-state index contributed by atoms with van der Waals surface area (Å²) in [7, 11) is 1.16. The van der Waals surface area contributed by atoms with Crippen LogP contribution in [0.25, 0.3) is 0 Å². The van der Waals surface area contributed by atoms with Gasteiger partial charge in [-0.25, -0.2) is 4.79 Å². The van der Waals surface area contributed by atoms with Crippen molar-refractivity contribution in [3.05, 3.63) is 23.7 Å². The van der Waals surface area contributed by atoms with Crippen LogP contribution in [0.5, 0.6) is 0 Å². The van der Waals surface area contributed by atoms with Gasteiger partial charge in [0.25, 0.3) is 5.95 Å². The molecule has 19 heavy (non-hydrogen) atoms. The number of rotatable bonds is 4. The monoisotopic (exact) mass is 272 g/mol. The van der Waals surface area contributed by atoms with Crippen LogP contribution in [-0.2, 0) is 14.3 Å². The lowest BCUT2D eigenvalue weighted by Gasteiger charge is -2.29. The summed E-state index contributed by atoms with van der Waals surface area (Å²) in [4.78, 5) is 11.5. The number of aliphatic hydroxyl groups is 3. The van der Waals surface area contributed by atoms with E-state index in [9.17, 15) is 20.1 Å². The molecule has 6 nitrogen and oxygen atoms in total. The molecule has 0 aromatic rings. The quantitative estimate of drug-likeness (QED) is 0.398. The Hall–Kier alpha value is -1.53. The van der Waals surface area contributed by atoms with Crippen LogP contribution in [-0.4, -0.2) is 46.2 Å². The smallest absolute Gasteiger partial charge is 0.336 e. The van der Waals surface area contributed by atoms with Crippen LogP contribution in [0.2, 0.25) is 0 Å². The van der Waals surface area contributed by atoms with Gasteiger partial charge in [-0.15, -0.1) is 0 Å². The lowest BCUT2D eigenvalue weighted by Crippen LogP contribution is -2.39. The summed E-state index contributed by atoms with van der Waals surface area (Å²) in [5, 5.41) is 30.7. The van der Waals surface area contributed by atoms with Gasteiger partial charge in [-0.2, -0.15) is 0 Å². The first-order valence-electron chi connectivity index (χ1n) is 6.00. The van der Waals surface area contributed by atoms with E-state index in [1.165, 1.54) is 6.92 Å². The average molecular weight is 272 g/mol. The third-order valence-electron chi connectivity index (χ3n) is 3.35. The van der Waals surface area contributed by atoms with Crippen LogP contribution in [0.15, 0.2) is 23.7 Å². The van der Waals surface area contributed by atoms with Crippen LogP contribution >= 0.6 is 0 Å². The van der Waals surface area contributed by atoms with E-state index in [1.807, 2.05) is 0 Å². The van der Waals surface area contributed by atoms with Crippen molar-refractivity contribution in [2.75, 3.05) is 13.7 Å². The topological polar surface area (TPSA) is 96.2 Å². The first-order chi connectivity index (χ1) is 8.70. The molecule has 0 amide bonds. The third-order valence-corrected chi connectivity index (χ3v) is 3.35. The van der Waals surface area contributed by atoms with Crippen LogP contribution in [0.3, 0.4) is 0 Å². The summed E-state index contributed by atoms with van der Waals surface area (Å²) in [5.74, 6) is -1.39. The normalized spacial score (nSPS) is 32.9. The molecule has 2 unspecified atom stereocenters. The lowest BCUT2D eigenvalue weighted by molar-refractivity contribution is -0.138. The predicted octanol–water partition coefficient (Wildman–Crippen LogP) is 0.798. The summed E-state index contributed by atoms with van der Waals surface area (Å²) in [5.41, 5.74) is -3.74. The fraction of sp³-hybridized carbons (Fsp3) is 0.615. The minimum Gasteiger partial charge on any atom is -0.481 e. The summed E-state index contributed by atoms with van der Waals surface area (Å²) in [6, 6.07) is 0. The van der Waals surface area contributed by atoms with Gasteiger partial charge in [0.05, 0.1) is 30.5 Å². The zero-order valence-corrected chi connectivity index (χ0v) is 11.4. The maximum Gasteiger partial charge on any atom is 0.336 e. The highest BCUT2D eigenvalue weighted by molar-refractivity contribution is 5.91.